The zero-order valence-electron chi connectivity index (χ0n) is 19.0. The third-order valence-electron chi connectivity index (χ3n) is 6.59. The second kappa shape index (κ2) is 9.07. The summed E-state index contributed by atoms with van der Waals surface area (Å²) in [4.78, 5) is 0. The SMILES string of the molecule is COC1CCC2(CC1)Cc1ccc(OCC(C)C)cc1C2CNS(=O)C(C)(C)C. The molecule has 0 bridgehead atoms. The van der Waals surface area contributed by atoms with Crippen LogP contribution in [0.15, 0.2) is 18.2 Å². The predicted molar refractivity (Wildman–Crippen MR) is 121 cm³/mol. The monoisotopic (exact) mass is 421 g/mol. The Morgan fingerprint density at radius 1 is 1.24 bits per heavy atom. The zero-order chi connectivity index (χ0) is 21.2. The van der Waals surface area contributed by atoms with Crippen molar-refractivity contribution in [1.29, 1.82) is 0 Å². The van der Waals surface area contributed by atoms with Crippen molar-refractivity contribution >= 4 is 11.0 Å². The molecule has 1 aromatic rings. The molecule has 1 aromatic carbocycles. The van der Waals surface area contributed by atoms with Crippen molar-refractivity contribution in [3.05, 3.63) is 29.3 Å². The minimum atomic E-state index is -1.06. The van der Waals surface area contributed by atoms with Gasteiger partial charge in [-0.15, -0.1) is 0 Å². The van der Waals surface area contributed by atoms with Gasteiger partial charge < -0.3 is 9.47 Å². The van der Waals surface area contributed by atoms with Crippen LogP contribution in [0.25, 0.3) is 0 Å². The van der Waals surface area contributed by atoms with Gasteiger partial charge in [0.1, 0.15) is 5.75 Å². The van der Waals surface area contributed by atoms with Gasteiger partial charge in [0.05, 0.1) is 28.4 Å². The highest BCUT2D eigenvalue weighted by Gasteiger charge is 2.48. The molecular formula is C24H39NO3S. The van der Waals surface area contributed by atoms with E-state index in [1.165, 1.54) is 11.1 Å². The molecule has 1 fully saturated rings. The first-order valence-corrected chi connectivity index (χ1v) is 12.2. The van der Waals surface area contributed by atoms with E-state index in [0.29, 0.717) is 17.9 Å². The van der Waals surface area contributed by atoms with Crippen LogP contribution in [0.4, 0.5) is 0 Å². The van der Waals surface area contributed by atoms with Crippen molar-refractivity contribution in [2.75, 3.05) is 20.3 Å². The largest absolute Gasteiger partial charge is 0.493 e. The maximum Gasteiger partial charge on any atom is 0.119 e. The van der Waals surface area contributed by atoms with E-state index in [0.717, 1.165) is 51.0 Å². The number of hydrogen-bond donors (Lipinski definition) is 1. The highest BCUT2D eigenvalue weighted by molar-refractivity contribution is 7.84. The van der Waals surface area contributed by atoms with E-state index >= 15 is 0 Å². The summed E-state index contributed by atoms with van der Waals surface area (Å²) in [5, 5.41) is 0. The molecule has 0 heterocycles. The third kappa shape index (κ3) is 5.23. The van der Waals surface area contributed by atoms with Crippen molar-refractivity contribution in [3.63, 3.8) is 0 Å². The number of nitrogens with one attached hydrogen (secondary N) is 1. The molecule has 2 aliphatic rings. The van der Waals surface area contributed by atoms with Crippen LogP contribution in [0.5, 0.6) is 5.75 Å². The first kappa shape index (κ1) is 22.8. The summed E-state index contributed by atoms with van der Waals surface area (Å²) in [5.74, 6) is 1.83. The lowest BCUT2D eigenvalue weighted by Crippen LogP contribution is -2.41. The Morgan fingerprint density at radius 3 is 2.52 bits per heavy atom. The lowest BCUT2D eigenvalue weighted by atomic mass is 9.65. The van der Waals surface area contributed by atoms with Crippen LogP contribution >= 0.6 is 0 Å². The summed E-state index contributed by atoms with van der Waals surface area (Å²) in [7, 11) is 0.769. The molecule has 0 radical (unpaired) electrons. The van der Waals surface area contributed by atoms with Crippen LogP contribution < -0.4 is 9.46 Å². The Labute approximate surface area is 179 Å². The average molecular weight is 422 g/mol. The lowest BCUT2D eigenvalue weighted by Gasteiger charge is -2.42. The molecule has 0 saturated heterocycles. The van der Waals surface area contributed by atoms with E-state index in [-0.39, 0.29) is 10.2 Å². The molecule has 1 saturated carbocycles. The fourth-order valence-electron chi connectivity index (χ4n) is 4.87. The molecule has 0 aromatic heterocycles. The standard InChI is InChI=1S/C24H39NO3S/c1-17(2)16-28-20-8-7-18-14-24(11-9-19(27-6)10-12-24)22(21(18)13-20)15-25-29(26)23(3,4)5/h7-8,13,17,19,22,25H,9-12,14-16H2,1-6H3. The van der Waals surface area contributed by atoms with Crippen LogP contribution in [0.1, 0.15) is 77.3 Å². The molecule has 2 aliphatic carbocycles. The maximum absolute atomic E-state index is 12.7. The van der Waals surface area contributed by atoms with Gasteiger partial charge in [-0.1, -0.05) is 19.9 Å². The Morgan fingerprint density at radius 2 is 1.93 bits per heavy atom. The second-order valence-corrected chi connectivity index (χ2v) is 12.4. The molecule has 164 valence electrons. The Hall–Kier alpha value is -0.910. The Bertz CT molecular complexity index is 717. The first-order chi connectivity index (χ1) is 13.6. The molecule has 0 aliphatic heterocycles. The van der Waals surface area contributed by atoms with E-state index < -0.39 is 11.0 Å². The smallest absolute Gasteiger partial charge is 0.119 e. The number of hydrogen-bond acceptors (Lipinski definition) is 3. The van der Waals surface area contributed by atoms with Gasteiger partial charge in [0, 0.05) is 19.6 Å². The summed E-state index contributed by atoms with van der Waals surface area (Å²) in [6, 6.07) is 6.63. The summed E-state index contributed by atoms with van der Waals surface area (Å²) in [6.07, 6.45) is 6.04. The quantitative estimate of drug-likeness (QED) is 0.675. The van der Waals surface area contributed by atoms with Crippen molar-refractivity contribution < 1.29 is 13.7 Å². The number of methoxy groups -OCH3 is 1. The van der Waals surface area contributed by atoms with Crippen LogP contribution in [0.3, 0.4) is 0 Å². The highest BCUT2D eigenvalue weighted by atomic mass is 32.2. The Balaban J connectivity index is 1.84. The molecule has 1 N–H and O–H groups in total. The van der Waals surface area contributed by atoms with Gasteiger partial charge in [0.2, 0.25) is 0 Å². The summed E-state index contributed by atoms with van der Waals surface area (Å²) < 4.78 is 27.5. The van der Waals surface area contributed by atoms with E-state index in [9.17, 15) is 4.21 Å². The molecule has 0 amide bonds. The summed E-state index contributed by atoms with van der Waals surface area (Å²) in [6.45, 7) is 11.9. The van der Waals surface area contributed by atoms with Crippen LogP contribution in [0.2, 0.25) is 0 Å². The third-order valence-corrected chi connectivity index (χ3v) is 8.14. The van der Waals surface area contributed by atoms with Crippen molar-refractivity contribution in [2.45, 2.75) is 83.5 Å². The van der Waals surface area contributed by atoms with Gasteiger partial charge in [0.15, 0.2) is 0 Å². The van der Waals surface area contributed by atoms with Crippen LogP contribution in [0, 0.1) is 11.3 Å². The van der Waals surface area contributed by atoms with Gasteiger partial charge in [0.25, 0.3) is 0 Å². The van der Waals surface area contributed by atoms with Gasteiger partial charge in [-0.3, -0.25) is 0 Å². The average Bonchev–Trinajstić information content (AvgIpc) is 2.96. The minimum Gasteiger partial charge on any atom is -0.493 e. The fraction of sp³-hybridized carbons (Fsp3) is 0.750. The van der Waals surface area contributed by atoms with Crippen LogP contribution in [-0.4, -0.2) is 35.3 Å². The lowest BCUT2D eigenvalue weighted by molar-refractivity contribution is 0.0207. The molecule has 5 heteroatoms. The Kier molecular flexibility index (Phi) is 7.12. The van der Waals surface area contributed by atoms with Crippen molar-refractivity contribution in [3.8, 4) is 5.75 Å². The molecule has 4 nitrogen and oxygen atoms in total. The summed E-state index contributed by atoms with van der Waals surface area (Å²) in [5.41, 5.74) is 3.06. The molecule has 1 spiro atoms. The number of ether oxygens (including phenoxy) is 2. The first-order valence-electron chi connectivity index (χ1n) is 11.1. The van der Waals surface area contributed by atoms with E-state index in [4.69, 9.17) is 9.47 Å². The molecule has 3 rings (SSSR count). The molecule has 2 atom stereocenters. The van der Waals surface area contributed by atoms with E-state index in [1.54, 1.807) is 0 Å². The number of benzene rings is 1. The normalized spacial score (nSPS) is 28.0. The van der Waals surface area contributed by atoms with Crippen molar-refractivity contribution in [2.24, 2.45) is 11.3 Å². The number of fused-ring (bicyclic) bond motifs is 1. The van der Waals surface area contributed by atoms with E-state index in [2.05, 4.69) is 36.8 Å². The van der Waals surface area contributed by atoms with Gasteiger partial charge in [-0.2, -0.15) is 0 Å². The van der Waals surface area contributed by atoms with Gasteiger partial charge in [-0.25, -0.2) is 8.93 Å². The van der Waals surface area contributed by atoms with Gasteiger partial charge in [-0.05, 0) is 87.5 Å². The fourth-order valence-corrected chi connectivity index (χ4v) is 5.62. The van der Waals surface area contributed by atoms with E-state index in [1.807, 2.05) is 27.9 Å². The topological polar surface area (TPSA) is 47.6 Å². The number of rotatable bonds is 7. The van der Waals surface area contributed by atoms with Crippen LogP contribution in [-0.2, 0) is 22.1 Å². The second-order valence-electron chi connectivity index (χ2n) is 10.3. The molecule has 2 unspecified atom stereocenters. The maximum atomic E-state index is 12.7. The predicted octanol–water partition coefficient (Wildman–Crippen LogP) is 4.99. The molecule has 29 heavy (non-hydrogen) atoms. The highest BCUT2D eigenvalue weighted by Crippen LogP contribution is 2.55. The molecular weight excluding hydrogens is 382 g/mol. The zero-order valence-corrected chi connectivity index (χ0v) is 19.9. The summed E-state index contributed by atoms with van der Waals surface area (Å²) >= 11 is 0. The minimum absolute atomic E-state index is 0.239. The van der Waals surface area contributed by atoms with Gasteiger partial charge >= 0.3 is 0 Å². The van der Waals surface area contributed by atoms with Crippen molar-refractivity contribution in [1.82, 2.24) is 4.72 Å².